The van der Waals surface area contributed by atoms with Gasteiger partial charge in [-0.3, -0.25) is 19.2 Å². The van der Waals surface area contributed by atoms with E-state index in [9.17, 15) is 19.2 Å². The molecule has 1 saturated carbocycles. The Morgan fingerprint density at radius 1 is 1.12 bits per heavy atom. The molecule has 3 heterocycles. The molecule has 1 aromatic heterocycles. The predicted molar refractivity (Wildman–Crippen MR) is 159 cm³/mol. The summed E-state index contributed by atoms with van der Waals surface area (Å²) in [6, 6.07) is 16.1. The number of methoxy groups -OCH3 is 1. The molecular weight excluding hydrogens is 548 g/mol. The number of rotatable bonds is 11. The smallest absolute Gasteiger partial charge is 0.271 e. The van der Waals surface area contributed by atoms with Crippen molar-refractivity contribution in [3.63, 3.8) is 0 Å². The lowest BCUT2D eigenvalue weighted by atomic mass is 9.81. The molecule has 10 nitrogen and oxygen atoms in total. The Hall–Kier alpha value is -4.18. The molecule has 3 fully saturated rings. The van der Waals surface area contributed by atoms with E-state index < -0.39 is 23.3 Å². The molecule has 3 amide bonds. The normalized spacial score (nSPS) is 25.5. The van der Waals surface area contributed by atoms with Crippen molar-refractivity contribution < 1.29 is 28.7 Å². The van der Waals surface area contributed by atoms with Crippen LogP contribution >= 0.6 is 0 Å². The number of ether oxygens (including phenoxy) is 2. The first kappa shape index (κ1) is 28.9. The molecule has 10 heteroatoms. The molecule has 3 aliphatic rings. The molecule has 3 aromatic rings. The molecule has 2 aliphatic heterocycles. The van der Waals surface area contributed by atoms with Gasteiger partial charge in [-0.1, -0.05) is 36.4 Å². The highest BCUT2D eigenvalue weighted by Crippen LogP contribution is 2.64. The third kappa shape index (κ3) is 5.76. The number of H-pyrrole nitrogens is 1. The van der Waals surface area contributed by atoms with Gasteiger partial charge in [0.05, 0.1) is 13.7 Å². The highest BCUT2D eigenvalue weighted by atomic mass is 16.5. The second kappa shape index (κ2) is 11.8. The van der Waals surface area contributed by atoms with Gasteiger partial charge < -0.3 is 30.4 Å². The number of nitrogens with one attached hydrogen (secondary N) is 2. The Kier molecular flexibility index (Phi) is 7.96. The number of Topliss-reactive ketones (excluding diaryl/α,β-unsaturated/α-hetero) is 1. The highest BCUT2D eigenvalue weighted by molar-refractivity contribution is 6.01. The van der Waals surface area contributed by atoms with Crippen LogP contribution in [0.2, 0.25) is 0 Å². The molecule has 226 valence electrons. The summed E-state index contributed by atoms with van der Waals surface area (Å²) in [6.07, 6.45) is 3.12. The molecule has 43 heavy (non-hydrogen) atoms. The molecule has 1 spiro atoms. The van der Waals surface area contributed by atoms with E-state index in [0.29, 0.717) is 50.4 Å². The van der Waals surface area contributed by atoms with Crippen LogP contribution in [-0.2, 0) is 25.7 Å². The summed E-state index contributed by atoms with van der Waals surface area (Å²) in [6.45, 7) is 1.24. The Balaban J connectivity index is 1.21. The first-order valence-corrected chi connectivity index (χ1v) is 15.0. The number of aromatic amines is 1. The number of carbonyl (C=O) groups excluding carboxylic acids is 4. The maximum atomic E-state index is 13.8. The number of piperidine rings is 1. The van der Waals surface area contributed by atoms with Gasteiger partial charge in [-0.2, -0.15) is 0 Å². The van der Waals surface area contributed by atoms with Crippen molar-refractivity contribution in [2.24, 2.45) is 28.9 Å². The number of benzene rings is 2. The molecule has 1 aliphatic carbocycles. The van der Waals surface area contributed by atoms with E-state index >= 15 is 0 Å². The van der Waals surface area contributed by atoms with Crippen LogP contribution in [0.15, 0.2) is 54.6 Å². The Labute approximate surface area is 250 Å². The number of ketones is 1. The van der Waals surface area contributed by atoms with E-state index in [1.807, 2.05) is 48.5 Å². The van der Waals surface area contributed by atoms with Crippen molar-refractivity contribution in [2.75, 3.05) is 26.8 Å². The van der Waals surface area contributed by atoms with E-state index in [0.717, 1.165) is 29.3 Å². The van der Waals surface area contributed by atoms with Crippen molar-refractivity contribution >= 4 is 34.4 Å². The average molecular weight is 587 g/mol. The maximum Gasteiger partial charge on any atom is 0.271 e. The van der Waals surface area contributed by atoms with E-state index in [2.05, 4.69) is 10.3 Å². The number of amides is 3. The Morgan fingerprint density at radius 3 is 2.67 bits per heavy atom. The van der Waals surface area contributed by atoms with E-state index in [4.69, 9.17) is 15.2 Å². The van der Waals surface area contributed by atoms with Gasteiger partial charge >= 0.3 is 0 Å². The fourth-order valence-corrected chi connectivity index (χ4v) is 7.25. The van der Waals surface area contributed by atoms with Crippen molar-refractivity contribution in [1.29, 1.82) is 0 Å². The number of nitrogens with two attached hydrogens (primary N) is 1. The SMILES string of the molecule is COc1cccc2[nH]c(C(=O)N3CC4(CC3C(N)=O)CC4[C@H](C[C@@H]3CCCNC3=O)C(=O)COCc3ccccc3)cc12. The van der Waals surface area contributed by atoms with Crippen molar-refractivity contribution in [3.8, 4) is 5.75 Å². The predicted octanol–water partition coefficient (Wildman–Crippen LogP) is 3.20. The van der Waals surface area contributed by atoms with Crippen molar-refractivity contribution in [1.82, 2.24) is 15.2 Å². The third-order valence-corrected chi connectivity index (χ3v) is 9.57. The zero-order valence-corrected chi connectivity index (χ0v) is 24.3. The van der Waals surface area contributed by atoms with Gasteiger partial charge in [0.2, 0.25) is 11.8 Å². The second-order valence-electron chi connectivity index (χ2n) is 12.2. The molecular formula is C33H38N4O6. The summed E-state index contributed by atoms with van der Waals surface area (Å²) in [5.41, 5.74) is 7.51. The maximum absolute atomic E-state index is 13.8. The summed E-state index contributed by atoms with van der Waals surface area (Å²) in [5.74, 6) is -1.03. The van der Waals surface area contributed by atoms with Gasteiger partial charge in [0.1, 0.15) is 24.1 Å². The zero-order chi connectivity index (χ0) is 30.1. The van der Waals surface area contributed by atoms with E-state index in [-0.39, 0.29) is 36.0 Å². The van der Waals surface area contributed by atoms with Crippen LogP contribution in [0.25, 0.3) is 10.9 Å². The standard InChI is InChI=1S/C33H38N4O6/c1-42-29-11-5-10-25-23(29)14-26(36-25)32(41)37-19-33(16-27(37)30(34)39)15-24(33)22(13-21-9-6-12-35-31(21)40)28(38)18-43-17-20-7-3-2-4-8-20/h2-5,7-8,10-11,14,21-22,24,27,36H,6,9,12-13,15-19H2,1H3,(H2,34,39)(H,35,40)/t21-,22-,24?,27?,33?/m0/s1. The monoisotopic (exact) mass is 586 g/mol. The molecule has 0 radical (unpaired) electrons. The molecule has 2 aromatic carbocycles. The Morgan fingerprint density at radius 2 is 1.93 bits per heavy atom. The number of fused-ring (bicyclic) bond motifs is 1. The molecule has 6 rings (SSSR count). The van der Waals surface area contributed by atoms with Crippen LogP contribution in [0.4, 0.5) is 0 Å². The fourth-order valence-electron chi connectivity index (χ4n) is 7.25. The summed E-state index contributed by atoms with van der Waals surface area (Å²) < 4.78 is 11.3. The van der Waals surface area contributed by atoms with Gasteiger partial charge in [-0.15, -0.1) is 0 Å². The zero-order valence-electron chi connectivity index (χ0n) is 24.3. The Bertz CT molecular complexity index is 1540. The number of nitrogens with zero attached hydrogens (tertiary/aromatic N) is 1. The number of carbonyl (C=O) groups is 4. The number of hydrogen-bond acceptors (Lipinski definition) is 6. The lowest BCUT2D eigenvalue weighted by Gasteiger charge is -2.27. The third-order valence-electron chi connectivity index (χ3n) is 9.57. The highest BCUT2D eigenvalue weighted by Gasteiger charge is 2.65. The van der Waals surface area contributed by atoms with Crippen LogP contribution in [0.5, 0.6) is 5.75 Å². The van der Waals surface area contributed by atoms with Crippen LogP contribution in [-0.4, -0.2) is 66.2 Å². The van der Waals surface area contributed by atoms with E-state index in [1.165, 1.54) is 0 Å². The van der Waals surface area contributed by atoms with Gasteiger partial charge in [-0.05, 0) is 67.2 Å². The summed E-state index contributed by atoms with van der Waals surface area (Å²) in [4.78, 5) is 57.5. The first-order valence-electron chi connectivity index (χ1n) is 15.0. The van der Waals surface area contributed by atoms with Crippen LogP contribution in [0.3, 0.4) is 0 Å². The number of hydrogen-bond donors (Lipinski definition) is 3. The molecule has 4 N–H and O–H groups in total. The summed E-state index contributed by atoms with van der Waals surface area (Å²) >= 11 is 0. The molecule has 2 saturated heterocycles. The fraction of sp³-hybridized carbons (Fsp3) is 0.455. The van der Waals surface area contributed by atoms with Gasteiger partial charge in [0, 0.05) is 35.8 Å². The van der Waals surface area contributed by atoms with Gasteiger partial charge in [0.25, 0.3) is 5.91 Å². The lowest BCUT2D eigenvalue weighted by Crippen LogP contribution is -2.43. The average Bonchev–Trinajstić information content (AvgIpc) is 3.32. The van der Waals surface area contributed by atoms with Gasteiger partial charge in [0.15, 0.2) is 5.78 Å². The molecule has 3 unspecified atom stereocenters. The van der Waals surface area contributed by atoms with Crippen LogP contribution in [0.1, 0.15) is 48.2 Å². The summed E-state index contributed by atoms with van der Waals surface area (Å²) in [7, 11) is 1.57. The van der Waals surface area contributed by atoms with Crippen molar-refractivity contribution in [2.45, 2.75) is 44.8 Å². The minimum absolute atomic E-state index is 0.0172. The summed E-state index contributed by atoms with van der Waals surface area (Å²) in [5, 5.41) is 3.71. The van der Waals surface area contributed by atoms with Crippen molar-refractivity contribution in [3.05, 3.63) is 65.9 Å². The molecule has 5 atom stereocenters. The minimum atomic E-state index is -0.783. The first-order chi connectivity index (χ1) is 20.8. The quantitative estimate of drug-likeness (QED) is 0.315. The lowest BCUT2D eigenvalue weighted by molar-refractivity contribution is -0.132. The largest absolute Gasteiger partial charge is 0.496 e. The van der Waals surface area contributed by atoms with Crippen LogP contribution < -0.4 is 15.8 Å². The number of likely N-dealkylation sites (tertiary alicyclic amines) is 1. The number of aromatic nitrogens is 1. The second-order valence-corrected chi connectivity index (χ2v) is 12.2. The number of primary amides is 1. The van der Waals surface area contributed by atoms with Crippen LogP contribution in [0, 0.1) is 23.2 Å². The molecule has 0 bridgehead atoms. The minimum Gasteiger partial charge on any atom is -0.496 e. The van der Waals surface area contributed by atoms with Gasteiger partial charge in [-0.25, -0.2) is 0 Å². The van der Waals surface area contributed by atoms with E-state index in [1.54, 1.807) is 18.1 Å². The topological polar surface area (TPSA) is 144 Å².